The smallest absolute Gasteiger partial charge is 0.222 e. The van der Waals surface area contributed by atoms with Crippen LogP contribution in [0.15, 0.2) is 53.5 Å². The number of carbonyl (C=O) groups is 1. The Morgan fingerprint density at radius 2 is 1.87 bits per heavy atom. The number of nitrogens with zero attached hydrogens (tertiary/aromatic N) is 2. The van der Waals surface area contributed by atoms with Crippen molar-refractivity contribution in [2.75, 3.05) is 20.1 Å². The number of guanidine groups is 1. The molecule has 1 atom stereocenters. The minimum Gasteiger partial charge on any atom is -0.489 e. The number of nitrogens with one attached hydrogen (secondary N) is 2. The van der Waals surface area contributed by atoms with Crippen LogP contribution in [0.5, 0.6) is 5.75 Å². The van der Waals surface area contributed by atoms with E-state index in [1.54, 1.807) is 7.05 Å². The Kier molecular flexibility index (Phi) is 10.4. The highest BCUT2D eigenvalue weighted by Gasteiger charge is 2.20. The highest BCUT2D eigenvalue weighted by Crippen LogP contribution is 2.18. The van der Waals surface area contributed by atoms with E-state index in [2.05, 4.69) is 27.8 Å². The first-order valence-corrected chi connectivity index (χ1v) is 10.6. The number of hydrogen-bond acceptors (Lipinski definition) is 3. The van der Waals surface area contributed by atoms with Crippen molar-refractivity contribution in [2.24, 2.45) is 4.99 Å². The number of hydrogen-bond donors (Lipinski definition) is 2. The fourth-order valence-electron chi connectivity index (χ4n) is 3.39. The third-order valence-electron chi connectivity index (χ3n) is 5.03. The maximum absolute atomic E-state index is 12.0. The monoisotopic (exact) mass is 556 g/mol. The predicted molar refractivity (Wildman–Crippen MR) is 136 cm³/mol. The van der Waals surface area contributed by atoms with Gasteiger partial charge in [-0.15, -0.1) is 24.0 Å². The number of ether oxygens (including phenoxy) is 1. The van der Waals surface area contributed by atoms with Crippen molar-refractivity contribution in [2.45, 2.75) is 39.0 Å². The lowest BCUT2D eigenvalue weighted by Crippen LogP contribution is -2.41. The minimum absolute atomic E-state index is 0. The molecule has 31 heavy (non-hydrogen) atoms. The summed E-state index contributed by atoms with van der Waals surface area (Å²) in [6.07, 6.45) is 1.57. The second kappa shape index (κ2) is 12.8. The van der Waals surface area contributed by atoms with E-state index in [0.29, 0.717) is 37.0 Å². The van der Waals surface area contributed by atoms with Crippen molar-refractivity contribution in [1.29, 1.82) is 0 Å². The van der Waals surface area contributed by atoms with Crippen LogP contribution >= 0.6 is 35.6 Å². The number of halogens is 2. The first kappa shape index (κ1) is 25.3. The lowest BCUT2D eigenvalue weighted by atomic mass is 10.1. The molecule has 0 spiro atoms. The molecule has 168 valence electrons. The Balaban J connectivity index is 0.00000341. The van der Waals surface area contributed by atoms with Crippen LogP contribution in [0.2, 0.25) is 5.02 Å². The summed E-state index contributed by atoms with van der Waals surface area (Å²) in [5.41, 5.74) is 2.32. The normalized spacial score (nSPS) is 14.7. The van der Waals surface area contributed by atoms with E-state index < -0.39 is 0 Å². The largest absolute Gasteiger partial charge is 0.489 e. The van der Waals surface area contributed by atoms with E-state index in [-0.39, 0.29) is 36.0 Å². The van der Waals surface area contributed by atoms with Gasteiger partial charge in [0.1, 0.15) is 11.9 Å². The summed E-state index contributed by atoms with van der Waals surface area (Å²) in [5, 5.41) is 7.33. The molecule has 0 saturated carbocycles. The van der Waals surface area contributed by atoms with Gasteiger partial charge in [-0.1, -0.05) is 35.9 Å². The highest BCUT2D eigenvalue weighted by molar-refractivity contribution is 14.0. The molecule has 0 aromatic heterocycles. The van der Waals surface area contributed by atoms with Crippen LogP contribution in [0, 0.1) is 0 Å². The van der Waals surface area contributed by atoms with Crippen molar-refractivity contribution in [1.82, 2.24) is 15.5 Å². The number of aliphatic imine (C=N–C) groups is 1. The van der Waals surface area contributed by atoms with Crippen LogP contribution in [-0.2, 0) is 17.9 Å². The average molecular weight is 557 g/mol. The molecule has 2 aromatic rings. The van der Waals surface area contributed by atoms with Gasteiger partial charge in [0.25, 0.3) is 0 Å². The van der Waals surface area contributed by atoms with Crippen molar-refractivity contribution >= 4 is 47.4 Å². The molecule has 1 aliphatic rings. The van der Waals surface area contributed by atoms with E-state index in [1.807, 2.05) is 48.2 Å². The molecule has 0 bridgehead atoms. The summed E-state index contributed by atoms with van der Waals surface area (Å²) in [6.45, 7) is 4.73. The van der Waals surface area contributed by atoms with E-state index >= 15 is 0 Å². The average Bonchev–Trinajstić information content (AvgIpc) is 3.15. The molecule has 1 heterocycles. The Bertz CT molecular complexity index is 876. The Morgan fingerprint density at radius 3 is 2.52 bits per heavy atom. The lowest BCUT2D eigenvalue weighted by Gasteiger charge is -2.20. The molecule has 8 heteroatoms. The molecule has 1 unspecified atom stereocenters. The van der Waals surface area contributed by atoms with Gasteiger partial charge in [-0.3, -0.25) is 9.79 Å². The van der Waals surface area contributed by atoms with Crippen molar-refractivity contribution in [3.8, 4) is 5.75 Å². The van der Waals surface area contributed by atoms with Crippen molar-refractivity contribution in [3.63, 3.8) is 0 Å². The topological polar surface area (TPSA) is 66.0 Å². The zero-order valence-corrected chi connectivity index (χ0v) is 21.0. The molecule has 0 aliphatic carbocycles. The van der Waals surface area contributed by atoms with Crippen molar-refractivity contribution < 1.29 is 9.53 Å². The number of carbonyl (C=O) groups excluding carboxylic acids is 1. The highest BCUT2D eigenvalue weighted by atomic mass is 127. The van der Waals surface area contributed by atoms with Gasteiger partial charge >= 0.3 is 0 Å². The van der Waals surface area contributed by atoms with Gasteiger partial charge in [0.05, 0.1) is 6.54 Å². The molecule has 6 nitrogen and oxygen atoms in total. The number of rotatable bonds is 8. The molecule has 2 aromatic carbocycles. The minimum atomic E-state index is -0.0433. The molecule has 1 aliphatic heterocycles. The summed E-state index contributed by atoms with van der Waals surface area (Å²) >= 11 is 5.91. The van der Waals surface area contributed by atoms with E-state index in [4.69, 9.17) is 16.3 Å². The lowest BCUT2D eigenvalue weighted by molar-refractivity contribution is -0.128. The summed E-state index contributed by atoms with van der Waals surface area (Å²) in [6, 6.07) is 15.5. The molecule has 1 amide bonds. The quantitative estimate of drug-likeness (QED) is 0.290. The summed E-state index contributed by atoms with van der Waals surface area (Å²) in [7, 11) is 1.74. The molecule has 1 fully saturated rings. The van der Waals surface area contributed by atoms with Crippen LogP contribution in [-0.4, -0.2) is 43.0 Å². The van der Waals surface area contributed by atoms with Gasteiger partial charge in [0, 0.05) is 38.1 Å². The molecule has 0 radical (unpaired) electrons. The maximum Gasteiger partial charge on any atom is 0.222 e. The zero-order valence-electron chi connectivity index (χ0n) is 17.9. The van der Waals surface area contributed by atoms with E-state index in [1.165, 1.54) is 0 Å². The molecular formula is C23H30ClIN4O2. The predicted octanol–water partition coefficient (Wildman–Crippen LogP) is 4.21. The molecule has 1 saturated heterocycles. The first-order chi connectivity index (χ1) is 14.5. The van der Waals surface area contributed by atoms with Crippen LogP contribution < -0.4 is 15.4 Å². The van der Waals surface area contributed by atoms with Gasteiger partial charge in [-0.25, -0.2) is 0 Å². The Morgan fingerprint density at radius 1 is 1.16 bits per heavy atom. The van der Waals surface area contributed by atoms with Crippen LogP contribution in [0.25, 0.3) is 0 Å². The third kappa shape index (κ3) is 7.88. The number of likely N-dealkylation sites (tertiary alicyclic amines) is 1. The fraction of sp³-hybridized carbons (Fsp3) is 0.391. The standard InChI is InChI=1S/C23H29ClN4O2.HI/c1-17(30-21-11-9-20(24)10-12-21)14-26-23(25-2)27-15-18-6-3-4-7-19(18)16-28-13-5-8-22(28)29;/h3-4,6-7,9-12,17H,5,8,13-16H2,1-2H3,(H2,25,26,27);1H. The summed E-state index contributed by atoms with van der Waals surface area (Å²) < 4.78 is 5.89. The van der Waals surface area contributed by atoms with Crippen molar-refractivity contribution in [3.05, 3.63) is 64.7 Å². The SMILES string of the molecule is CN=C(NCc1ccccc1CN1CCCC1=O)NCC(C)Oc1ccc(Cl)cc1.I. The molecule has 2 N–H and O–H groups in total. The first-order valence-electron chi connectivity index (χ1n) is 10.3. The van der Waals surface area contributed by atoms with Gasteiger partial charge in [0.15, 0.2) is 5.96 Å². The van der Waals surface area contributed by atoms with Crippen LogP contribution in [0.1, 0.15) is 30.9 Å². The van der Waals surface area contributed by atoms with E-state index in [9.17, 15) is 4.79 Å². The Hall–Kier alpha value is -2.00. The van der Waals surface area contributed by atoms with Gasteiger partial charge in [-0.05, 0) is 48.7 Å². The van der Waals surface area contributed by atoms with Gasteiger partial charge in [0.2, 0.25) is 5.91 Å². The molecular weight excluding hydrogens is 527 g/mol. The summed E-state index contributed by atoms with van der Waals surface area (Å²) in [4.78, 5) is 18.2. The third-order valence-corrected chi connectivity index (χ3v) is 5.28. The summed E-state index contributed by atoms with van der Waals surface area (Å²) in [5.74, 6) is 1.72. The molecule has 3 rings (SSSR count). The second-order valence-electron chi connectivity index (χ2n) is 7.38. The van der Waals surface area contributed by atoms with Gasteiger partial charge < -0.3 is 20.3 Å². The number of amides is 1. The fourth-order valence-corrected chi connectivity index (χ4v) is 3.51. The Labute approximate surface area is 206 Å². The second-order valence-corrected chi connectivity index (χ2v) is 7.81. The van der Waals surface area contributed by atoms with Gasteiger partial charge in [-0.2, -0.15) is 0 Å². The number of benzene rings is 2. The van der Waals surface area contributed by atoms with Crippen LogP contribution in [0.4, 0.5) is 0 Å². The van der Waals surface area contributed by atoms with E-state index in [0.717, 1.165) is 29.8 Å². The van der Waals surface area contributed by atoms with Crippen LogP contribution in [0.3, 0.4) is 0 Å². The maximum atomic E-state index is 12.0. The zero-order chi connectivity index (χ0) is 21.3.